The Morgan fingerprint density at radius 3 is 2.84 bits per heavy atom. The number of benzene rings is 1. The first-order valence-electron chi connectivity index (χ1n) is 7.56. The van der Waals surface area contributed by atoms with E-state index in [-0.39, 0.29) is 12.2 Å². The van der Waals surface area contributed by atoms with E-state index in [9.17, 15) is 13.8 Å². The summed E-state index contributed by atoms with van der Waals surface area (Å²) in [4.78, 5) is 28.5. The number of nitrogens with zero attached hydrogens (tertiary/aromatic N) is 2. The molecule has 0 spiro atoms. The summed E-state index contributed by atoms with van der Waals surface area (Å²) in [5, 5.41) is 0. The monoisotopic (exact) mass is 356 g/mol. The van der Waals surface area contributed by atoms with Crippen LogP contribution in [0.15, 0.2) is 59.5 Å². The van der Waals surface area contributed by atoms with E-state index in [0.29, 0.717) is 22.7 Å². The van der Waals surface area contributed by atoms with Crippen molar-refractivity contribution in [1.29, 1.82) is 0 Å². The SMILES string of the molecule is C[S@@](=O)Cc1cccc(C(=O)OCc2cc(=O)n3ccccc3n2)c1. The molecular formula is C18H16N2O4S. The molecule has 6 nitrogen and oxygen atoms in total. The molecule has 0 N–H and O–H groups in total. The highest BCUT2D eigenvalue weighted by atomic mass is 32.2. The second-order valence-electron chi connectivity index (χ2n) is 5.51. The number of esters is 1. The highest BCUT2D eigenvalue weighted by Crippen LogP contribution is 2.10. The minimum absolute atomic E-state index is 0.0938. The van der Waals surface area contributed by atoms with Crippen molar-refractivity contribution >= 4 is 22.4 Å². The Bertz CT molecular complexity index is 1010. The van der Waals surface area contributed by atoms with Gasteiger partial charge in [0, 0.05) is 35.1 Å². The number of carbonyl (C=O) groups is 1. The van der Waals surface area contributed by atoms with Crippen LogP contribution in [0.5, 0.6) is 0 Å². The Labute approximate surface area is 146 Å². The first-order chi connectivity index (χ1) is 12.0. The van der Waals surface area contributed by atoms with Gasteiger partial charge in [-0.3, -0.25) is 13.4 Å². The minimum atomic E-state index is -0.987. The summed E-state index contributed by atoms with van der Waals surface area (Å²) in [6, 6.07) is 13.4. The van der Waals surface area contributed by atoms with Crippen LogP contribution in [0.1, 0.15) is 21.6 Å². The van der Waals surface area contributed by atoms with E-state index in [1.54, 1.807) is 48.9 Å². The Kier molecular flexibility index (Phi) is 5.04. The summed E-state index contributed by atoms with van der Waals surface area (Å²) in [6.07, 6.45) is 3.23. The lowest BCUT2D eigenvalue weighted by molar-refractivity contribution is 0.0467. The van der Waals surface area contributed by atoms with Crippen molar-refractivity contribution in [2.24, 2.45) is 0 Å². The largest absolute Gasteiger partial charge is 0.456 e. The van der Waals surface area contributed by atoms with Crippen molar-refractivity contribution in [2.45, 2.75) is 12.4 Å². The standard InChI is InChI=1S/C18H16N2O4S/c1-25(23)12-13-5-4-6-14(9-13)18(22)24-11-15-10-17(21)20-8-3-2-7-16(20)19-15/h2-10H,11-12H2,1H3/t25-/m1/s1. The molecule has 2 aromatic heterocycles. The Morgan fingerprint density at radius 1 is 1.20 bits per heavy atom. The normalized spacial score (nSPS) is 12.0. The van der Waals surface area contributed by atoms with Gasteiger partial charge in [-0.1, -0.05) is 18.2 Å². The van der Waals surface area contributed by atoms with Crippen LogP contribution in [0.3, 0.4) is 0 Å². The summed E-state index contributed by atoms with van der Waals surface area (Å²) in [7, 11) is -0.987. The van der Waals surface area contributed by atoms with Crippen molar-refractivity contribution in [3.63, 3.8) is 0 Å². The van der Waals surface area contributed by atoms with Crippen LogP contribution >= 0.6 is 0 Å². The van der Waals surface area contributed by atoms with Crippen LogP contribution in [-0.4, -0.2) is 25.8 Å². The second kappa shape index (κ2) is 7.40. The zero-order chi connectivity index (χ0) is 17.8. The molecule has 2 heterocycles. The Balaban J connectivity index is 1.74. The summed E-state index contributed by atoms with van der Waals surface area (Å²) < 4.78 is 18.0. The van der Waals surface area contributed by atoms with Gasteiger partial charge >= 0.3 is 5.97 Å². The lowest BCUT2D eigenvalue weighted by Crippen LogP contribution is -2.16. The molecule has 25 heavy (non-hydrogen) atoms. The molecule has 0 aliphatic rings. The highest BCUT2D eigenvalue weighted by molar-refractivity contribution is 7.83. The van der Waals surface area contributed by atoms with E-state index < -0.39 is 16.8 Å². The van der Waals surface area contributed by atoms with Crippen LogP contribution in [-0.2, 0) is 27.9 Å². The third kappa shape index (κ3) is 4.19. The first kappa shape index (κ1) is 17.0. The van der Waals surface area contributed by atoms with E-state index in [2.05, 4.69) is 4.98 Å². The summed E-state index contributed by atoms with van der Waals surface area (Å²) >= 11 is 0. The third-order valence-electron chi connectivity index (χ3n) is 3.51. The van der Waals surface area contributed by atoms with E-state index >= 15 is 0 Å². The smallest absolute Gasteiger partial charge is 0.338 e. The van der Waals surface area contributed by atoms with Crippen molar-refractivity contribution in [2.75, 3.05) is 6.26 Å². The van der Waals surface area contributed by atoms with Crippen LogP contribution in [0, 0.1) is 0 Å². The molecule has 0 aliphatic heterocycles. The molecular weight excluding hydrogens is 340 g/mol. The molecule has 0 fully saturated rings. The van der Waals surface area contributed by atoms with Crippen molar-refractivity contribution in [3.8, 4) is 0 Å². The van der Waals surface area contributed by atoms with Gasteiger partial charge in [0.1, 0.15) is 12.3 Å². The predicted molar refractivity (Wildman–Crippen MR) is 94.8 cm³/mol. The van der Waals surface area contributed by atoms with Gasteiger partial charge in [-0.15, -0.1) is 0 Å². The molecule has 128 valence electrons. The van der Waals surface area contributed by atoms with E-state index in [0.717, 1.165) is 5.56 Å². The van der Waals surface area contributed by atoms with Crippen molar-refractivity contribution in [1.82, 2.24) is 9.38 Å². The maximum Gasteiger partial charge on any atom is 0.338 e. The number of aromatic nitrogens is 2. The number of pyridine rings is 1. The number of ether oxygens (including phenoxy) is 1. The zero-order valence-corrected chi connectivity index (χ0v) is 14.4. The highest BCUT2D eigenvalue weighted by Gasteiger charge is 2.10. The molecule has 0 bridgehead atoms. The van der Waals surface area contributed by atoms with Crippen LogP contribution in [0.25, 0.3) is 5.65 Å². The Hall–Kier alpha value is -2.80. The molecule has 0 saturated heterocycles. The average molecular weight is 356 g/mol. The van der Waals surface area contributed by atoms with Crippen LogP contribution < -0.4 is 5.56 Å². The lowest BCUT2D eigenvalue weighted by Gasteiger charge is -2.07. The van der Waals surface area contributed by atoms with E-state index in [1.807, 2.05) is 6.07 Å². The fourth-order valence-electron chi connectivity index (χ4n) is 2.42. The van der Waals surface area contributed by atoms with Gasteiger partial charge in [0.2, 0.25) is 0 Å². The third-order valence-corrected chi connectivity index (χ3v) is 4.25. The minimum Gasteiger partial charge on any atom is -0.456 e. The maximum absolute atomic E-state index is 12.2. The summed E-state index contributed by atoms with van der Waals surface area (Å²) in [6.45, 7) is -0.0938. The van der Waals surface area contributed by atoms with Gasteiger partial charge in [0.15, 0.2) is 0 Å². The fourth-order valence-corrected chi connectivity index (χ4v) is 3.07. The maximum atomic E-state index is 12.2. The van der Waals surface area contributed by atoms with Crippen LogP contribution in [0.2, 0.25) is 0 Å². The van der Waals surface area contributed by atoms with Gasteiger partial charge in [0.25, 0.3) is 5.56 Å². The first-order valence-corrected chi connectivity index (χ1v) is 9.29. The molecule has 0 radical (unpaired) electrons. The Morgan fingerprint density at radius 2 is 2.04 bits per heavy atom. The molecule has 1 aromatic carbocycles. The number of rotatable bonds is 5. The van der Waals surface area contributed by atoms with Crippen molar-refractivity contribution in [3.05, 3.63) is 81.9 Å². The number of fused-ring (bicyclic) bond motifs is 1. The van der Waals surface area contributed by atoms with E-state index in [1.165, 1.54) is 10.5 Å². The van der Waals surface area contributed by atoms with Crippen molar-refractivity contribution < 1.29 is 13.7 Å². The van der Waals surface area contributed by atoms with Gasteiger partial charge in [-0.2, -0.15) is 0 Å². The summed E-state index contributed by atoms with van der Waals surface area (Å²) in [5.41, 5.74) is 1.82. The number of hydrogen-bond donors (Lipinski definition) is 0. The fraction of sp³-hybridized carbons (Fsp3) is 0.167. The topological polar surface area (TPSA) is 77.7 Å². The average Bonchev–Trinajstić information content (AvgIpc) is 2.59. The molecule has 1 atom stereocenters. The number of hydrogen-bond acceptors (Lipinski definition) is 5. The zero-order valence-electron chi connectivity index (χ0n) is 13.5. The van der Waals surface area contributed by atoms with Gasteiger partial charge in [-0.25, -0.2) is 9.78 Å². The quantitative estimate of drug-likeness (QED) is 0.653. The molecule has 3 aromatic rings. The van der Waals surface area contributed by atoms with Gasteiger partial charge < -0.3 is 4.74 Å². The summed E-state index contributed by atoms with van der Waals surface area (Å²) in [5.74, 6) is -0.136. The second-order valence-corrected chi connectivity index (χ2v) is 6.94. The molecule has 3 rings (SSSR count). The molecule has 0 saturated carbocycles. The molecule has 7 heteroatoms. The van der Waals surface area contributed by atoms with Crippen LogP contribution in [0.4, 0.5) is 0 Å². The molecule has 0 amide bonds. The predicted octanol–water partition coefficient (Wildman–Crippen LogP) is 1.93. The number of carbonyl (C=O) groups excluding carboxylic acids is 1. The lowest BCUT2D eigenvalue weighted by atomic mass is 10.1. The van der Waals surface area contributed by atoms with Gasteiger partial charge in [0.05, 0.1) is 11.3 Å². The molecule has 0 aliphatic carbocycles. The van der Waals surface area contributed by atoms with E-state index in [4.69, 9.17) is 4.74 Å². The van der Waals surface area contributed by atoms with Gasteiger partial charge in [-0.05, 0) is 29.8 Å². The molecule has 0 unspecified atom stereocenters.